The summed E-state index contributed by atoms with van der Waals surface area (Å²) < 4.78 is 4.91. The highest BCUT2D eigenvalue weighted by Crippen LogP contribution is 2.32. The zero-order chi connectivity index (χ0) is 10.7. The SMILES string of the molecule is CCOC(=O)C1=C(C(C)=O)CC(C)C1. The Kier molecular flexibility index (Phi) is 3.44. The predicted octanol–water partition coefficient (Wildman–Crippen LogP) is 1.86. The summed E-state index contributed by atoms with van der Waals surface area (Å²) in [4.78, 5) is 22.7. The average Bonchev–Trinajstić information content (AvgIpc) is 2.48. The quantitative estimate of drug-likeness (QED) is 0.647. The molecule has 14 heavy (non-hydrogen) atoms. The highest BCUT2D eigenvalue weighted by Gasteiger charge is 2.28. The smallest absolute Gasteiger partial charge is 0.334 e. The Balaban J connectivity index is 2.86. The van der Waals surface area contributed by atoms with Gasteiger partial charge in [-0.05, 0) is 32.6 Å². The number of hydrogen-bond donors (Lipinski definition) is 0. The van der Waals surface area contributed by atoms with Crippen LogP contribution in [0.25, 0.3) is 0 Å². The van der Waals surface area contributed by atoms with Crippen LogP contribution in [0.4, 0.5) is 0 Å². The molecule has 1 atom stereocenters. The van der Waals surface area contributed by atoms with Crippen LogP contribution in [0.15, 0.2) is 11.1 Å². The molecule has 0 aliphatic heterocycles. The van der Waals surface area contributed by atoms with Crippen molar-refractivity contribution in [2.75, 3.05) is 6.61 Å². The molecular weight excluding hydrogens is 180 g/mol. The van der Waals surface area contributed by atoms with Gasteiger partial charge in [-0.25, -0.2) is 4.79 Å². The molecule has 0 saturated carbocycles. The first-order valence-electron chi connectivity index (χ1n) is 4.96. The van der Waals surface area contributed by atoms with E-state index >= 15 is 0 Å². The number of ketones is 1. The van der Waals surface area contributed by atoms with Crippen LogP contribution in [0.5, 0.6) is 0 Å². The maximum atomic E-state index is 11.5. The number of carbonyl (C=O) groups excluding carboxylic acids is 2. The summed E-state index contributed by atoms with van der Waals surface area (Å²) in [6.07, 6.45) is 1.39. The molecule has 3 heteroatoms. The molecule has 0 fully saturated rings. The molecule has 3 nitrogen and oxygen atoms in total. The molecule has 1 aliphatic rings. The molecule has 0 aromatic rings. The van der Waals surface area contributed by atoms with Gasteiger partial charge in [-0.3, -0.25) is 4.79 Å². The van der Waals surface area contributed by atoms with Crippen LogP contribution in [0.2, 0.25) is 0 Å². The molecule has 0 heterocycles. The van der Waals surface area contributed by atoms with Gasteiger partial charge in [0.1, 0.15) is 0 Å². The largest absolute Gasteiger partial charge is 0.463 e. The van der Waals surface area contributed by atoms with Crippen molar-refractivity contribution < 1.29 is 14.3 Å². The van der Waals surface area contributed by atoms with Crippen LogP contribution >= 0.6 is 0 Å². The number of rotatable bonds is 3. The third-order valence-corrected chi connectivity index (χ3v) is 2.42. The van der Waals surface area contributed by atoms with Gasteiger partial charge in [-0.2, -0.15) is 0 Å². The van der Waals surface area contributed by atoms with Crippen molar-refractivity contribution in [1.29, 1.82) is 0 Å². The molecule has 0 spiro atoms. The molecule has 0 N–H and O–H groups in total. The summed E-state index contributed by atoms with van der Waals surface area (Å²) in [7, 11) is 0. The van der Waals surface area contributed by atoms with Crippen molar-refractivity contribution in [3.63, 3.8) is 0 Å². The van der Waals surface area contributed by atoms with Gasteiger partial charge in [-0.1, -0.05) is 6.92 Å². The van der Waals surface area contributed by atoms with E-state index in [1.165, 1.54) is 6.92 Å². The second-order valence-electron chi connectivity index (χ2n) is 3.75. The molecule has 0 saturated heterocycles. The fraction of sp³-hybridized carbons (Fsp3) is 0.636. The van der Waals surface area contributed by atoms with Crippen molar-refractivity contribution in [2.45, 2.75) is 33.6 Å². The van der Waals surface area contributed by atoms with Gasteiger partial charge in [0, 0.05) is 11.1 Å². The standard InChI is InChI=1S/C11H16O3/c1-4-14-11(13)10-6-7(2)5-9(10)8(3)12/h7H,4-6H2,1-3H3. The van der Waals surface area contributed by atoms with Gasteiger partial charge >= 0.3 is 5.97 Å². The van der Waals surface area contributed by atoms with Crippen molar-refractivity contribution in [1.82, 2.24) is 0 Å². The molecule has 0 aromatic heterocycles. The first kappa shape index (κ1) is 11.0. The Morgan fingerprint density at radius 3 is 2.43 bits per heavy atom. The van der Waals surface area contributed by atoms with E-state index in [0.29, 0.717) is 36.5 Å². The van der Waals surface area contributed by atoms with Crippen molar-refractivity contribution in [3.8, 4) is 0 Å². The predicted molar refractivity (Wildman–Crippen MR) is 52.7 cm³/mol. The van der Waals surface area contributed by atoms with E-state index in [1.807, 2.05) is 6.92 Å². The summed E-state index contributed by atoms with van der Waals surface area (Å²) in [5.41, 5.74) is 1.25. The second-order valence-corrected chi connectivity index (χ2v) is 3.75. The third kappa shape index (κ3) is 2.22. The summed E-state index contributed by atoms with van der Waals surface area (Å²) >= 11 is 0. The Morgan fingerprint density at radius 2 is 1.93 bits per heavy atom. The fourth-order valence-corrected chi connectivity index (χ4v) is 1.80. The summed E-state index contributed by atoms with van der Waals surface area (Å²) in [5, 5.41) is 0. The summed E-state index contributed by atoms with van der Waals surface area (Å²) in [6, 6.07) is 0. The van der Waals surface area contributed by atoms with Gasteiger partial charge in [0.2, 0.25) is 0 Å². The van der Waals surface area contributed by atoms with Crippen LogP contribution in [-0.2, 0) is 14.3 Å². The summed E-state index contributed by atoms with van der Waals surface area (Å²) in [6.45, 7) is 5.67. The number of ether oxygens (including phenoxy) is 1. The second kappa shape index (κ2) is 4.40. The Bertz CT molecular complexity index is 289. The van der Waals surface area contributed by atoms with Crippen molar-refractivity contribution in [2.24, 2.45) is 5.92 Å². The van der Waals surface area contributed by atoms with Crippen LogP contribution < -0.4 is 0 Å². The zero-order valence-electron chi connectivity index (χ0n) is 8.92. The van der Waals surface area contributed by atoms with Gasteiger partial charge in [0.15, 0.2) is 5.78 Å². The maximum Gasteiger partial charge on any atom is 0.334 e. The lowest BCUT2D eigenvalue weighted by atomic mass is 10.1. The number of Topliss-reactive ketones (excluding diaryl/α,β-unsaturated/α-hetero) is 1. The number of allylic oxidation sites excluding steroid dienone is 1. The van der Waals surface area contributed by atoms with Crippen molar-refractivity contribution >= 4 is 11.8 Å². The van der Waals surface area contributed by atoms with Crippen molar-refractivity contribution in [3.05, 3.63) is 11.1 Å². The highest BCUT2D eigenvalue weighted by atomic mass is 16.5. The van der Waals surface area contributed by atoms with Crippen LogP contribution in [0.1, 0.15) is 33.6 Å². The van der Waals surface area contributed by atoms with E-state index in [-0.39, 0.29) is 11.8 Å². The zero-order valence-corrected chi connectivity index (χ0v) is 8.92. The molecule has 0 bridgehead atoms. The first-order valence-corrected chi connectivity index (χ1v) is 4.96. The molecule has 0 aromatic carbocycles. The third-order valence-electron chi connectivity index (χ3n) is 2.42. The van der Waals surface area contributed by atoms with Gasteiger partial charge in [-0.15, -0.1) is 0 Å². The van der Waals surface area contributed by atoms with E-state index < -0.39 is 0 Å². The number of hydrogen-bond acceptors (Lipinski definition) is 3. The molecular formula is C11H16O3. The lowest BCUT2D eigenvalue weighted by Gasteiger charge is -2.03. The first-order chi connectivity index (χ1) is 6.56. The molecule has 1 unspecified atom stereocenters. The van der Waals surface area contributed by atoms with Gasteiger partial charge in [0.25, 0.3) is 0 Å². The van der Waals surface area contributed by atoms with Crippen LogP contribution in [-0.4, -0.2) is 18.4 Å². The normalized spacial score (nSPS) is 21.2. The minimum atomic E-state index is -0.318. The highest BCUT2D eigenvalue weighted by molar-refractivity contribution is 6.03. The lowest BCUT2D eigenvalue weighted by Crippen LogP contribution is -2.09. The van der Waals surface area contributed by atoms with E-state index in [0.717, 1.165) is 0 Å². The van der Waals surface area contributed by atoms with Crippen LogP contribution in [0, 0.1) is 5.92 Å². The van der Waals surface area contributed by atoms with Gasteiger partial charge < -0.3 is 4.74 Å². The fourth-order valence-electron chi connectivity index (χ4n) is 1.80. The minimum absolute atomic E-state index is 0.00240. The van der Waals surface area contributed by atoms with E-state index in [2.05, 4.69) is 0 Å². The van der Waals surface area contributed by atoms with E-state index in [9.17, 15) is 9.59 Å². The lowest BCUT2D eigenvalue weighted by molar-refractivity contribution is -0.138. The van der Waals surface area contributed by atoms with E-state index in [1.54, 1.807) is 6.92 Å². The minimum Gasteiger partial charge on any atom is -0.463 e. The van der Waals surface area contributed by atoms with Gasteiger partial charge in [0.05, 0.1) is 6.61 Å². The monoisotopic (exact) mass is 196 g/mol. The molecule has 0 radical (unpaired) electrons. The van der Waals surface area contributed by atoms with Crippen LogP contribution in [0.3, 0.4) is 0 Å². The number of esters is 1. The average molecular weight is 196 g/mol. The molecule has 0 amide bonds. The maximum absolute atomic E-state index is 11.5. The van der Waals surface area contributed by atoms with E-state index in [4.69, 9.17) is 4.74 Å². The topological polar surface area (TPSA) is 43.4 Å². The number of carbonyl (C=O) groups is 2. The summed E-state index contributed by atoms with van der Waals surface area (Å²) in [5.74, 6) is 0.0627. The Morgan fingerprint density at radius 1 is 1.36 bits per heavy atom. The molecule has 1 aliphatic carbocycles. The Hall–Kier alpha value is -1.12. The molecule has 78 valence electrons. The Labute approximate surface area is 84.1 Å². The molecule has 1 rings (SSSR count).